The number of hydrogen-bond donors (Lipinski definition) is 2. The molecule has 0 saturated heterocycles. The number of aliphatic hydroxyl groups excluding tert-OH is 1. The van der Waals surface area contributed by atoms with Gasteiger partial charge in [-0.1, -0.05) is 31.2 Å². The highest BCUT2D eigenvalue weighted by Crippen LogP contribution is 2.15. The molecule has 0 fully saturated rings. The van der Waals surface area contributed by atoms with Crippen molar-refractivity contribution in [3.05, 3.63) is 35.4 Å². The molecular formula is C15H25N3O2. The maximum absolute atomic E-state index is 11.7. The number of amides is 1. The predicted molar refractivity (Wildman–Crippen MR) is 80.1 cm³/mol. The number of aliphatic hydroxyl groups is 1. The van der Waals surface area contributed by atoms with E-state index >= 15 is 0 Å². The van der Waals surface area contributed by atoms with Gasteiger partial charge in [-0.3, -0.25) is 9.69 Å². The molecule has 0 aliphatic heterocycles. The first-order chi connectivity index (χ1) is 9.47. The average Bonchev–Trinajstić information content (AvgIpc) is 2.46. The third-order valence-electron chi connectivity index (χ3n) is 3.34. The Balaban J connectivity index is 2.61. The van der Waals surface area contributed by atoms with Crippen LogP contribution in [0.5, 0.6) is 0 Å². The Labute approximate surface area is 121 Å². The van der Waals surface area contributed by atoms with Crippen molar-refractivity contribution in [3.8, 4) is 0 Å². The van der Waals surface area contributed by atoms with Gasteiger partial charge in [0.05, 0.1) is 12.6 Å². The van der Waals surface area contributed by atoms with Crippen LogP contribution in [0, 0.1) is 0 Å². The van der Waals surface area contributed by atoms with Crippen LogP contribution in [0.15, 0.2) is 24.3 Å². The van der Waals surface area contributed by atoms with Gasteiger partial charge in [0.2, 0.25) is 5.91 Å². The fourth-order valence-electron chi connectivity index (χ4n) is 1.86. The number of benzene rings is 1. The number of nitrogens with zero attached hydrogens (tertiary/aromatic N) is 2. The number of carbonyl (C=O) groups is 1. The smallest absolute Gasteiger partial charge is 0.236 e. The van der Waals surface area contributed by atoms with E-state index in [0.717, 1.165) is 17.7 Å². The molecule has 0 radical (unpaired) electrons. The van der Waals surface area contributed by atoms with Crippen molar-refractivity contribution < 1.29 is 9.90 Å². The van der Waals surface area contributed by atoms with Crippen molar-refractivity contribution in [1.29, 1.82) is 0 Å². The molecule has 1 amide bonds. The Kier molecular flexibility index (Phi) is 6.64. The van der Waals surface area contributed by atoms with E-state index in [9.17, 15) is 9.90 Å². The molecule has 1 atom stereocenters. The third kappa shape index (κ3) is 4.92. The molecule has 1 rings (SSSR count). The van der Waals surface area contributed by atoms with E-state index in [1.165, 1.54) is 0 Å². The first kappa shape index (κ1) is 16.6. The molecule has 0 heterocycles. The Hall–Kier alpha value is -1.43. The monoisotopic (exact) mass is 279 g/mol. The van der Waals surface area contributed by atoms with Crippen molar-refractivity contribution in [2.24, 2.45) is 5.73 Å². The molecule has 3 N–H and O–H groups in total. The van der Waals surface area contributed by atoms with Gasteiger partial charge in [0, 0.05) is 27.2 Å². The number of rotatable bonds is 7. The summed E-state index contributed by atoms with van der Waals surface area (Å²) in [7, 11) is 3.47. The summed E-state index contributed by atoms with van der Waals surface area (Å²) in [6.45, 7) is 3.96. The van der Waals surface area contributed by atoms with Gasteiger partial charge in [0.1, 0.15) is 0 Å². The first-order valence-electron chi connectivity index (χ1n) is 6.87. The molecule has 1 aromatic carbocycles. The van der Waals surface area contributed by atoms with E-state index in [4.69, 9.17) is 5.73 Å². The average molecular weight is 279 g/mol. The lowest BCUT2D eigenvalue weighted by Crippen LogP contribution is -2.38. The maximum atomic E-state index is 11.7. The molecule has 5 nitrogen and oxygen atoms in total. The topological polar surface area (TPSA) is 69.8 Å². The van der Waals surface area contributed by atoms with Gasteiger partial charge >= 0.3 is 0 Å². The lowest BCUT2D eigenvalue weighted by atomic mass is 10.1. The first-order valence-corrected chi connectivity index (χ1v) is 6.87. The Morgan fingerprint density at radius 1 is 1.30 bits per heavy atom. The third-order valence-corrected chi connectivity index (χ3v) is 3.34. The van der Waals surface area contributed by atoms with Gasteiger partial charge in [-0.2, -0.15) is 0 Å². The van der Waals surface area contributed by atoms with Crippen molar-refractivity contribution in [3.63, 3.8) is 0 Å². The number of carbonyl (C=O) groups excluding carboxylic acids is 1. The molecule has 1 unspecified atom stereocenters. The SMILES string of the molecule is CCN(CC(=O)N(C)C)CC(O)c1ccc(CN)cc1. The summed E-state index contributed by atoms with van der Waals surface area (Å²) in [4.78, 5) is 15.2. The van der Waals surface area contributed by atoms with E-state index in [1.807, 2.05) is 36.1 Å². The highest BCUT2D eigenvalue weighted by molar-refractivity contribution is 5.77. The summed E-state index contributed by atoms with van der Waals surface area (Å²) < 4.78 is 0. The zero-order valence-corrected chi connectivity index (χ0v) is 12.5. The minimum Gasteiger partial charge on any atom is -0.387 e. The summed E-state index contributed by atoms with van der Waals surface area (Å²) in [5.41, 5.74) is 7.43. The quantitative estimate of drug-likeness (QED) is 0.766. The van der Waals surface area contributed by atoms with Gasteiger partial charge in [-0.25, -0.2) is 0 Å². The van der Waals surface area contributed by atoms with E-state index < -0.39 is 6.10 Å². The standard InChI is InChI=1S/C15H25N3O2/c1-4-18(11-15(20)17(2)3)10-14(19)13-7-5-12(9-16)6-8-13/h5-8,14,19H,4,9-11,16H2,1-3H3. The summed E-state index contributed by atoms with van der Waals surface area (Å²) in [6.07, 6.45) is -0.600. The fourth-order valence-corrected chi connectivity index (χ4v) is 1.86. The van der Waals surface area contributed by atoms with Crippen LogP contribution in [0.2, 0.25) is 0 Å². The van der Waals surface area contributed by atoms with Gasteiger partial charge < -0.3 is 15.7 Å². The Morgan fingerprint density at radius 2 is 1.90 bits per heavy atom. The zero-order chi connectivity index (χ0) is 15.1. The van der Waals surface area contributed by atoms with E-state index in [1.54, 1.807) is 19.0 Å². The van der Waals surface area contributed by atoms with Gasteiger partial charge in [-0.15, -0.1) is 0 Å². The molecule has 5 heteroatoms. The van der Waals surface area contributed by atoms with E-state index in [0.29, 0.717) is 19.6 Å². The molecule has 20 heavy (non-hydrogen) atoms. The largest absolute Gasteiger partial charge is 0.387 e. The van der Waals surface area contributed by atoms with Crippen LogP contribution in [0.3, 0.4) is 0 Å². The van der Waals surface area contributed by atoms with Crippen molar-refractivity contribution in [2.75, 3.05) is 33.7 Å². The van der Waals surface area contributed by atoms with Crippen LogP contribution < -0.4 is 5.73 Å². The van der Waals surface area contributed by atoms with E-state index in [-0.39, 0.29) is 5.91 Å². The second kappa shape index (κ2) is 7.99. The van der Waals surface area contributed by atoms with Crippen LogP contribution in [-0.2, 0) is 11.3 Å². The zero-order valence-electron chi connectivity index (χ0n) is 12.5. The van der Waals surface area contributed by atoms with Crippen LogP contribution in [-0.4, -0.2) is 54.5 Å². The van der Waals surface area contributed by atoms with Gasteiger partial charge in [-0.05, 0) is 17.7 Å². The number of hydrogen-bond acceptors (Lipinski definition) is 4. The molecule has 1 aromatic rings. The van der Waals surface area contributed by atoms with Gasteiger partial charge in [0.25, 0.3) is 0 Å². The van der Waals surface area contributed by atoms with Crippen LogP contribution >= 0.6 is 0 Å². The summed E-state index contributed by atoms with van der Waals surface area (Å²) >= 11 is 0. The summed E-state index contributed by atoms with van der Waals surface area (Å²) in [5, 5.41) is 10.2. The maximum Gasteiger partial charge on any atom is 0.236 e. The predicted octanol–water partition coefficient (Wildman–Crippen LogP) is 0.589. The minimum absolute atomic E-state index is 0.0394. The van der Waals surface area contributed by atoms with E-state index in [2.05, 4.69) is 0 Å². The molecule has 0 aromatic heterocycles. The second-order valence-corrected chi connectivity index (χ2v) is 5.08. The molecule has 0 spiro atoms. The highest BCUT2D eigenvalue weighted by atomic mass is 16.3. The number of likely N-dealkylation sites (N-methyl/N-ethyl adjacent to an activating group) is 2. The van der Waals surface area contributed by atoms with Crippen LogP contribution in [0.25, 0.3) is 0 Å². The molecule has 0 aliphatic carbocycles. The summed E-state index contributed by atoms with van der Waals surface area (Å²) in [5.74, 6) is 0.0394. The molecular weight excluding hydrogens is 254 g/mol. The highest BCUT2D eigenvalue weighted by Gasteiger charge is 2.16. The minimum atomic E-state index is -0.600. The Bertz CT molecular complexity index is 418. The molecule has 0 saturated carbocycles. The summed E-state index contributed by atoms with van der Waals surface area (Å²) in [6, 6.07) is 7.60. The van der Waals surface area contributed by atoms with Crippen LogP contribution in [0.1, 0.15) is 24.2 Å². The van der Waals surface area contributed by atoms with Crippen molar-refractivity contribution >= 4 is 5.91 Å². The lowest BCUT2D eigenvalue weighted by Gasteiger charge is -2.24. The normalized spacial score (nSPS) is 12.5. The lowest BCUT2D eigenvalue weighted by molar-refractivity contribution is -0.130. The fraction of sp³-hybridized carbons (Fsp3) is 0.533. The van der Waals surface area contributed by atoms with Gasteiger partial charge in [0.15, 0.2) is 0 Å². The number of nitrogens with two attached hydrogens (primary N) is 1. The molecule has 0 bridgehead atoms. The van der Waals surface area contributed by atoms with Crippen molar-refractivity contribution in [1.82, 2.24) is 9.80 Å². The second-order valence-electron chi connectivity index (χ2n) is 5.08. The Morgan fingerprint density at radius 3 is 2.35 bits per heavy atom. The molecule has 112 valence electrons. The van der Waals surface area contributed by atoms with Crippen molar-refractivity contribution in [2.45, 2.75) is 19.6 Å². The molecule has 0 aliphatic rings. The van der Waals surface area contributed by atoms with Crippen LogP contribution in [0.4, 0.5) is 0 Å².